The molecule has 0 aliphatic heterocycles. The van der Waals surface area contributed by atoms with Gasteiger partial charge in [-0.15, -0.1) is 0 Å². The van der Waals surface area contributed by atoms with E-state index >= 15 is 0 Å². The van der Waals surface area contributed by atoms with Gasteiger partial charge in [-0.3, -0.25) is 0 Å². The second-order valence-electron chi connectivity index (χ2n) is 5.28. The molecule has 0 aromatic heterocycles. The predicted molar refractivity (Wildman–Crippen MR) is 92.6 cm³/mol. The molecule has 2 rings (SSSR count). The normalized spacial score (nSPS) is 12.5. The standard InChI is InChI=1S/C17H20FNO6S/c1-23-14-6-4-11(8-16(14)25-3)13(20)10-19-26(21,22)17-9-12(18)5-7-15(17)24-2/h4-9,13,19-20H,10H2,1-3H3. The monoisotopic (exact) mass is 385 g/mol. The van der Waals surface area contributed by atoms with Crippen LogP contribution in [0, 0.1) is 5.82 Å². The lowest BCUT2D eigenvalue weighted by Gasteiger charge is -2.16. The molecule has 2 aromatic rings. The summed E-state index contributed by atoms with van der Waals surface area (Å²) in [5, 5.41) is 10.3. The number of hydrogen-bond acceptors (Lipinski definition) is 6. The van der Waals surface area contributed by atoms with Crippen molar-refractivity contribution < 1.29 is 32.1 Å². The van der Waals surface area contributed by atoms with Crippen molar-refractivity contribution in [1.82, 2.24) is 4.72 Å². The van der Waals surface area contributed by atoms with Gasteiger partial charge >= 0.3 is 0 Å². The van der Waals surface area contributed by atoms with Gasteiger partial charge in [-0.2, -0.15) is 0 Å². The highest BCUT2D eigenvalue weighted by atomic mass is 32.2. The molecule has 0 fully saturated rings. The van der Waals surface area contributed by atoms with Gasteiger partial charge in [-0.25, -0.2) is 17.5 Å². The third kappa shape index (κ3) is 4.43. The van der Waals surface area contributed by atoms with Gasteiger partial charge in [0, 0.05) is 6.54 Å². The van der Waals surface area contributed by atoms with Crippen LogP contribution in [0.3, 0.4) is 0 Å². The third-order valence-corrected chi connectivity index (χ3v) is 5.12. The summed E-state index contributed by atoms with van der Waals surface area (Å²) < 4.78 is 55.7. The van der Waals surface area contributed by atoms with Gasteiger partial charge in [0.2, 0.25) is 10.0 Å². The molecule has 9 heteroatoms. The van der Waals surface area contributed by atoms with E-state index in [9.17, 15) is 17.9 Å². The second-order valence-corrected chi connectivity index (χ2v) is 7.01. The van der Waals surface area contributed by atoms with Gasteiger partial charge in [-0.05, 0) is 35.9 Å². The molecule has 1 unspecified atom stereocenters. The van der Waals surface area contributed by atoms with Crippen molar-refractivity contribution in [2.75, 3.05) is 27.9 Å². The molecule has 26 heavy (non-hydrogen) atoms. The molecule has 0 bridgehead atoms. The molecular formula is C17H20FNO6S. The average Bonchev–Trinajstić information content (AvgIpc) is 2.65. The van der Waals surface area contributed by atoms with Gasteiger partial charge < -0.3 is 19.3 Å². The number of methoxy groups -OCH3 is 3. The first-order valence-corrected chi connectivity index (χ1v) is 9.04. The first kappa shape index (κ1) is 20.0. The van der Waals surface area contributed by atoms with Gasteiger partial charge in [0.25, 0.3) is 0 Å². The van der Waals surface area contributed by atoms with E-state index in [0.717, 1.165) is 12.1 Å². The molecule has 7 nitrogen and oxygen atoms in total. The smallest absolute Gasteiger partial charge is 0.244 e. The van der Waals surface area contributed by atoms with E-state index in [1.54, 1.807) is 18.2 Å². The van der Waals surface area contributed by atoms with Crippen LogP contribution in [-0.2, 0) is 10.0 Å². The highest BCUT2D eigenvalue weighted by Crippen LogP contribution is 2.30. The lowest BCUT2D eigenvalue weighted by atomic mass is 10.1. The van der Waals surface area contributed by atoms with E-state index in [1.807, 2.05) is 0 Å². The molecule has 0 saturated heterocycles. The van der Waals surface area contributed by atoms with Crippen molar-refractivity contribution in [3.05, 3.63) is 47.8 Å². The van der Waals surface area contributed by atoms with E-state index in [1.165, 1.54) is 27.4 Å². The van der Waals surface area contributed by atoms with Crippen molar-refractivity contribution in [1.29, 1.82) is 0 Å². The molecule has 0 radical (unpaired) electrons. The number of ether oxygens (including phenoxy) is 3. The summed E-state index contributed by atoms with van der Waals surface area (Å²) in [5.74, 6) is 0.165. The Morgan fingerprint density at radius 2 is 1.62 bits per heavy atom. The summed E-state index contributed by atoms with van der Waals surface area (Å²) in [4.78, 5) is -0.348. The van der Waals surface area contributed by atoms with Crippen LogP contribution in [0.2, 0.25) is 0 Å². The molecular weight excluding hydrogens is 365 g/mol. The molecule has 0 amide bonds. The van der Waals surface area contributed by atoms with Crippen LogP contribution in [0.1, 0.15) is 11.7 Å². The van der Waals surface area contributed by atoms with E-state index in [-0.39, 0.29) is 17.2 Å². The summed E-state index contributed by atoms with van der Waals surface area (Å²) in [6.07, 6.45) is -1.15. The molecule has 142 valence electrons. The predicted octanol–water partition coefficient (Wildman–Crippen LogP) is 1.86. The van der Waals surface area contributed by atoms with Crippen LogP contribution < -0.4 is 18.9 Å². The van der Waals surface area contributed by atoms with Crippen LogP contribution >= 0.6 is 0 Å². The molecule has 2 N–H and O–H groups in total. The topological polar surface area (TPSA) is 94.1 Å². The number of hydrogen-bond donors (Lipinski definition) is 2. The minimum absolute atomic E-state index is 0.000457. The Hall–Kier alpha value is -2.36. The number of aliphatic hydroxyl groups excluding tert-OH is 1. The Morgan fingerprint density at radius 3 is 2.23 bits per heavy atom. The molecule has 0 aliphatic carbocycles. The van der Waals surface area contributed by atoms with E-state index < -0.39 is 21.9 Å². The zero-order chi connectivity index (χ0) is 19.3. The minimum Gasteiger partial charge on any atom is -0.495 e. The summed E-state index contributed by atoms with van der Waals surface area (Å²) >= 11 is 0. The minimum atomic E-state index is -4.09. The second kappa shape index (κ2) is 8.35. The SMILES string of the molecule is COc1ccc(C(O)CNS(=O)(=O)c2cc(F)ccc2OC)cc1OC. The fraction of sp³-hybridized carbons (Fsp3) is 0.294. The van der Waals surface area contributed by atoms with Gasteiger partial charge in [-0.1, -0.05) is 6.07 Å². The number of nitrogens with one attached hydrogen (secondary N) is 1. The Labute approximate surface area is 151 Å². The molecule has 2 aromatic carbocycles. The zero-order valence-corrected chi connectivity index (χ0v) is 15.3. The summed E-state index contributed by atoms with van der Waals surface area (Å²) in [6, 6.07) is 7.89. The lowest BCUT2D eigenvalue weighted by molar-refractivity contribution is 0.181. The molecule has 1 atom stereocenters. The Balaban J connectivity index is 2.18. The maximum Gasteiger partial charge on any atom is 0.244 e. The van der Waals surface area contributed by atoms with Gasteiger partial charge in [0.15, 0.2) is 11.5 Å². The van der Waals surface area contributed by atoms with Crippen molar-refractivity contribution in [2.24, 2.45) is 0 Å². The lowest BCUT2D eigenvalue weighted by Crippen LogP contribution is -2.29. The molecule has 0 aliphatic rings. The van der Waals surface area contributed by atoms with Crippen LogP contribution in [0.15, 0.2) is 41.3 Å². The third-order valence-electron chi connectivity index (χ3n) is 3.67. The first-order valence-electron chi connectivity index (χ1n) is 7.55. The van der Waals surface area contributed by atoms with Crippen molar-refractivity contribution >= 4 is 10.0 Å². The average molecular weight is 385 g/mol. The van der Waals surface area contributed by atoms with Crippen LogP contribution in [0.5, 0.6) is 17.2 Å². The van der Waals surface area contributed by atoms with Crippen molar-refractivity contribution in [3.63, 3.8) is 0 Å². The fourth-order valence-electron chi connectivity index (χ4n) is 2.30. The van der Waals surface area contributed by atoms with Gasteiger partial charge in [0.1, 0.15) is 16.5 Å². The number of aliphatic hydroxyl groups is 1. The van der Waals surface area contributed by atoms with Crippen LogP contribution in [-0.4, -0.2) is 41.4 Å². The van der Waals surface area contributed by atoms with Crippen LogP contribution in [0.25, 0.3) is 0 Å². The highest BCUT2D eigenvalue weighted by molar-refractivity contribution is 7.89. The Kier molecular flexibility index (Phi) is 6.41. The number of rotatable bonds is 8. The number of halogens is 1. The maximum atomic E-state index is 13.4. The van der Waals surface area contributed by atoms with Crippen LogP contribution in [0.4, 0.5) is 4.39 Å². The number of benzene rings is 2. The van der Waals surface area contributed by atoms with Crippen molar-refractivity contribution in [2.45, 2.75) is 11.0 Å². The molecule has 0 heterocycles. The fourth-order valence-corrected chi connectivity index (χ4v) is 3.52. The van der Waals surface area contributed by atoms with E-state index in [0.29, 0.717) is 17.1 Å². The zero-order valence-electron chi connectivity index (χ0n) is 14.5. The first-order chi connectivity index (χ1) is 12.3. The molecule has 0 saturated carbocycles. The summed E-state index contributed by atoms with van der Waals surface area (Å²) in [7, 11) is 0.126. The van der Waals surface area contributed by atoms with Crippen molar-refractivity contribution in [3.8, 4) is 17.2 Å². The number of sulfonamides is 1. The maximum absolute atomic E-state index is 13.4. The Bertz CT molecular complexity index is 872. The van der Waals surface area contributed by atoms with E-state index in [4.69, 9.17) is 14.2 Å². The quantitative estimate of drug-likeness (QED) is 0.720. The van der Waals surface area contributed by atoms with E-state index in [2.05, 4.69) is 4.72 Å². The molecule has 0 spiro atoms. The summed E-state index contributed by atoms with van der Waals surface area (Å²) in [6.45, 7) is -0.322. The Morgan fingerprint density at radius 1 is 1.00 bits per heavy atom. The van der Waals surface area contributed by atoms with Gasteiger partial charge in [0.05, 0.1) is 27.4 Å². The largest absolute Gasteiger partial charge is 0.495 e. The highest BCUT2D eigenvalue weighted by Gasteiger charge is 2.22. The summed E-state index contributed by atoms with van der Waals surface area (Å²) in [5.41, 5.74) is 0.427.